The number of hydrogen-bond donors (Lipinski definition) is 1. The monoisotopic (exact) mass is 287 g/mol. The number of benzene rings is 1. The smallest absolute Gasteiger partial charge is 0.318 e. The van der Waals surface area contributed by atoms with Crippen LogP contribution in [0.5, 0.6) is 0 Å². The molecule has 0 spiro atoms. The van der Waals surface area contributed by atoms with E-state index in [1.54, 1.807) is 6.92 Å². The van der Waals surface area contributed by atoms with Crippen LogP contribution in [0, 0.1) is 12.7 Å². The molecule has 2 rings (SSSR count). The molecule has 19 heavy (non-hydrogen) atoms. The molecule has 0 radical (unpaired) electrons. The molecule has 7 heteroatoms. The van der Waals surface area contributed by atoms with Crippen molar-refractivity contribution in [2.24, 2.45) is 0 Å². The van der Waals surface area contributed by atoms with Gasteiger partial charge in [0.05, 0.1) is 0 Å². The van der Waals surface area contributed by atoms with Crippen molar-refractivity contribution in [3.63, 3.8) is 0 Å². The first-order valence-electron chi connectivity index (χ1n) is 5.82. The van der Waals surface area contributed by atoms with Crippen molar-refractivity contribution in [2.45, 2.75) is 30.7 Å². The van der Waals surface area contributed by atoms with Gasteiger partial charge >= 0.3 is 5.97 Å². The van der Waals surface area contributed by atoms with E-state index in [1.165, 1.54) is 12.1 Å². The highest BCUT2D eigenvalue weighted by atomic mass is 32.2. The third-order valence-corrected chi connectivity index (χ3v) is 4.83. The molecular weight excluding hydrogens is 273 g/mol. The van der Waals surface area contributed by atoms with E-state index in [4.69, 9.17) is 5.11 Å². The van der Waals surface area contributed by atoms with Crippen molar-refractivity contribution in [3.8, 4) is 0 Å². The predicted octanol–water partition coefficient (Wildman–Crippen LogP) is 1.37. The molecule has 1 aliphatic carbocycles. The second-order valence-corrected chi connectivity index (χ2v) is 6.47. The zero-order valence-electron chi connectivity index (χ0n) is 10.3. The SMILES string of the molecule is Cc1ccc(F)c(S(=O)(=O)N(CC(=O)O)C2CC2)c1. The average molecular weight is 287 g/mol. The minimum atomic E-state index is -4.11. The zero-order chi connectivity index (χ0) is 14.2. The number of carboxylic acid groups (broad SMARTS) is 1. The molecule has 5 nitrogen and oxygen atoms in total. The van der Waals surface area contributed by atoms with Gasteiger partial charge in [0.25, 0.3) is 0 Å². The minimum absolute atomic E-state index is 0.332. The summed E-state index contributed by atoms with van der Waals surface area (Å²) in [5.74, 6) is -2.11. The summed E-state index contributed by atoms with van der Waals surface area (Å²) in [6.07, 6.45) is 1.22. The Bertz CT molecular complexity index is 610. The second-order valence-electron chi connectivity index (χ2n) is 4.61. The van der Waals surface area contributed by atoms with Crippen LogP contribution in [-0.4, -0.2) is 36.4 Å². The maximum absolute atomic E-state index is 13.7. The first-order chi connectivity index (χ1) is 8.82. The molecule has 0 aliphatic heterocycles. The Morgan fingerprint density at radius 3 is 2.63 bits per heavy atom. The summed E-state index contributed by atoms with van der Waals surface area (Å²) in [4.78, 5) is 10.3. The highest BCUT2D eigenvalue weighted by molar-refractivity contribution is 7.89. The summed E-state index contributed by atoms with van der Waals surface area (Å²) in [5.41, 5.74) is 0.603. The van der Waals surface area contributed by atoms with E-state index in [2.05, 4.69) is 0 Å². The van der Waals surface area contributed by atoms with Crippen molar-refractivity contribution < 1.29 is 22.7 Å². The molecule has 1 N–H and O–H groups in total. The Hall–Kier alpha value is -1.47. The molecule has 104 valence electrons. The van der Waals surface area contributed by atoms with Crippen LogP contribution in [0.15, 0.2) is 23.1 Å². The van der Waals surface area contributed by atoms with Crippen molar-refractivity contribution in [3.05, 3.63) is 29.6 Å². The summed E-state index contributed by atoms with van der Waals surface area (Å²) < 4.78 is 39.3. The number of nitrogens with zero attached hydrogens (tertiary/aromatic N) is 1. The Balaban J connectivity index is 2.44. The standard InChI is InChI=1S/C12H14FNO4S/c1-8-2-5-10(13)11(6-8)19(17,18)14(7-12(15)16)9-3-4-9/h2,5-6,9H,3-4,7H2,1H3,(H,15,16). The molecule has 1 aliphatic rings. The molecule has 1 aromatic carbocycles. The number of aliphatic carboxylic acids is 1. The van der Waals surface area contributed by atoms with E-state index in [0.717, 1.165) is 10.4 Å². The van der Waals surface area contributed by atoms with Crippen molar-refractivity contribution >= 4 is 16.0 Å². The lowest BCUT2D eigenvalue weighted by Crippen LogP contribution is -2.37. The van der Waals surface area contributed by atoms with Crippen molar-refractivity contribution in [2.75, 3.05) is 6.54 Å². The predicted molar refractivity (Wildman–Crippen MR) is 65.7 cm³/mol. The second kappa shape index (κ2) is 4.90. The van der Waals surface area contributed by atoms with Crippen molar-refractivity contribution in [1.82, 2.24) is 4.31 Å². The van der Waals surface area contributed by atoms with E-state index in [-0.39, 0.29) is 6.04 Å². The van der Waals surface area contributed by atoms with Gasteiger partial charge in [-0.3, -0.25) is 4.79 Å². The molecule has 0 saturated heterocycles. The van der Waals surface area contributed by atoms with Gasteiger partial charge in [-0.15, -0.1) is 0 Å². The van der Waals surface area contributed by atoms with Gasteiger partial charge in [-0.05, 0) is 37.5 Å². The molecular formula is C12H14FNO4S. The van der Waals surface area contributed by atoms with E-state index < -0.39 is 33.3 Å². The molecule has 1 fully saturated rings. The topological polar surface area (TPSA) is 74.7 Å². The average Bonchev–Trinajstić information content (AvgIpc) is 3.12. The van der Waals surface area contributed by atoms with Crippen LogP contribution in [0.1, 0.15) is 18.4 Å². The van der Waals surface area contributed by atoms with E-state index in [1.807, 2.05) is 0 Å². The minimum Gasteiger partial charge on any atom is -0.480 e. The number of sulfonamides is 1. The summed E-state index contributed by atoms with van der Waals surface area (Å²) in [5, 5.41) is 8.79. The number of hydrogen-bond acceptors (Lipinski definition) is 3. The zero-order valence-corrected chi connectivity index (χ0v) is 11.2. The van der Waals surface area contributed by atoms with Crippen LogP contribution in [0.2, 0.25) is 0 Å². The van der Waals surface area contributed by atoms with Gasteiger partial charge in [0.15, 0.2) is 0 Å². The Morgan fingerprint density at radius 2 is 2.11 bits per heavy atom. The van der Waals surface area contributed by atoms with E-state index in [0.29, 0.717) is 18.4 Å². The third-order valence-electron chi connectivity index (χ3n) is 2.92. The van der Waals surface area contributed by atoms with Crippen LogP contribution in [0.3, 0.4) is 0 Å². The molecule has 0 aromatic heterocycles. The van der Waals surface area contributed by atoms with E-state index in [9.17, 15) is 17.6 Å². The molecule has 0 amide bonds. The lowest BCUT2D eigenvalue weighted by molar-refractivity contribution is -0.137. The Labute approximate surface area is 110 Å². The first kappa shape index (κ1) is 14.0. The molecule has 0 unspecified atom stereocenters. The quantitative estimate of drug-likeness (QED) is 0.887. The molecule has 1 aromatic rings. The molecule has 0 bridgehead atoms. The first-order valence-corrected chi connectivity index (χ1v) is 7.26. The van der Waals surface area contributed by atoms with Gasteiger partial charge in [-0.1, -0.05) is 6.07 Å². The number of halogens is 1. The lowest BCUT2D eigenvalue weighted by Gasteiger charge is -2.20. The third kappa shape index (κ3) is 2.93. The Kier molecular flexibility index (Phi) is 3.60. The van der Waals surface area contributed by atoms with Gasteiger partial charge in [-0.25, -0.2) is 12.8 Å². The fraction of sp³-hybridized carbons (Fsp3) is 0.417. The number of aryl methyl sites for hydroxylation is 1. The molecule has 0 heterocycles. The maximum Gasteiger partial charge on any atom is 0.318 e. The van der Waals surface area contributed by atoms with Gasteiger partial charge in [-0.2, -0.15) is 4.31 Å². The normalized spacial score (nSPS) is 15.7. The molecule has 0 atom stereocenters. The fourth-order valence-electron chi connectivity index (χ4n) is 1.84. The van der Waals surface area contributed by atoms with Crippen LogP contribution in [-0.2, 0) is 14.8 Å². The highest BCUT2D eigenvalue weighted by Gasteiger charge is 2.40. The Morgan fingerprint density at radius 1 is 1.47 bits per heavy atom. The van der Waals surface area contributed by atoms with Crippen LogP contribution >= 0.6 is 0 Å². The maximum atomic E-state index is 13.7. The highest BCUT2D eigenvalue weighted by Crippen LogP contribution is 2.32. The number of carbonyl (C=O) groups is 1. The van der Waals surface area contributed by atoms with Crippen LogP contribution in [0.25, 0.3) is 0 Å². The summed E-state index contributed by atoms with van der Waals surface area (Å²) in [7, 11) is -4.11. The molecule has 1 saturated carbocycles. The van der Waals surface area contributed by atoms with Gasteiger partial charge in [0.2, 0.25) is 10.0 Å². The number of rotatable bonds is 5. The van der Waals surface area contributed by atoms with Gasteiger partial charge < -0.3 is 5.11 Å². The van der Waals surface area contributed by atoms with Gasteiger partial charge in [0, 0.05) is 6.04 Å². The summed E-state index contributed by atoms with van der Waals surface area (Å²) >= 11 is 0. The van der Waals surface area contributed by atoms with Crippen LogP contribution in [0.4, 0.5) is 4.39 Å². The largest absolute Gasteiger partial charge is 0.480 e. The van der Waals surface area contributed by atoms with Gasteiger partial charge in [0.1, 0.15) is 17.3 Å². The summed E-state index contributed by atoms with van der Waals surface area (Å²) in [6.45, 7) is 1.01. The summed E-state index contributed by atoms with van der Waals surface area (Å²) in [6, 6.07) is 3.43. The van der Waals surface area contributed by atoms with E-state index >= 15 is 0 Å². The van der Waals surface area contributed by atoms with Crippen LogP contribution < -0.4 is 0 Å². The fourth-order valence-corrected chi connectivity index (χ4v) is 3.63. The lowest BCUT2D eigenvalue weighted by atomic mass is 10.2. The number of carboxylic acids is 1. The van der Waals surface area contributed by atoms with Crippen molar-refractivity contribution in [1.29, 1.82) is 0 Å².